The number of hydrogen-bond donors (Lipinski definition) is 0. The van der Waals surface area contributed by atoms with Crippen molar-refractivity contribution in [2.75, 3.05) is 6.61 Å². The summed E-state index contributed by atoms with van der Waals surface area (Å²) in [6.07, 6.45) is -1.86. The molecule has 16 heavy (non-hydrogen) atoms. The van der Waals surface area contributed by atoms with Crippen LogP contribution in [0.5, 0.6) is 0 Å². The summed E-state index contributed by atoms with van der Waals surface area (Å²) in [5.74, 6) is -0.861. The van der Waals surface area contributed by atoms with Gasteiger partial charge in [-0.15, -0.1) is 0 Å². The van der Waals surface area contributed by atoms with E-state index in [1.807, 2.05) is 0 Å². The van der Waals surface area contributed by atoms with Gasteiger partial charge >= 0.3 is 5.97 Å². The number of nitrogens with zero attached hydrogens (tertiary/aromatic N) is 1. The molecule has 0 bridgehead atoms. The number of halogens is 4. The predicted molar refractivity (Wildman–Crippen MR) is 57.9 cm³/mol. The quantitative estimate of drug-likeness (QED) is 0.632. The fourth-order valence-electron chi connectivity index (χ4n) is 1.06. The van der Waals surface area contributed by atoms with Crippen molar-refractivity contribution in [3.63, 3.8) is 0 Å². The zero-order valence-electron chi connectivity index (χ0n) is 8.14. The van der Waals surface area contributed by atoms with Gasteiger partial charge in [0, 0.05) is 6.20 Å². The number of pyridine rings is 1. The van der Waals surface area contributed by atoms with E-state index < -0.39 is 18.0 Å². The van der Waals surface area contributed by atoms with Gasteiger partial charge in [0.05, 0.1) is 22.8 Å². The Morgan fingerprint density at radius 2 is 2.31 bits per heavy atom. The van der Waals surface area contributed by atoms with Crippen molar-refractivity contribution < 1.29 is 18.3 Å². The molecular formula is C9H7BrClF2NO2. The second kappa shape index (κ2) is 5.54. The lowest BCUT2D eigenvalue weighted by atomic mass is 10.1. The highest BCUT2D eigenvalue weighted by Crippen LogP contribution is 2.34. The van der Waals surface area contributed by atoms with E-state index in [0.29, 0.717) is 0 Å². The second-order valence-corrected chi connectivity index (χ2v) is 3.84. The van der Waals surface area contributed by atoms with Gasteiger partial charge in [-0.1, -0.05) is 11.6 Å². The van der Waals surface area contributed by atoms with Crippen molar-refractivity contribution >= 4 is 33.5 Å². The molecule has 1 aromatic heterocycles. The summed E-state index contributed by atoms with van der Waals surface area (Å²) in [6.45, 7) is 1.67. The molecule has 1 aromatic rings. The molecule has 7 heteroatoms. The molecule has 1 heterocycles. The fourth-order valence-corrected chi connectivity index (χ4v) is 1.61. The van der Waals surface area contributed by atoms with Crippen LogP contribution in [0.2, 0.25) is 5.02 Å². The molecule has 0 saturated heterocycles. The minimum absolute atomic E-state index is 0.0671. The van der Waals surface area contributed by atoms with Gasteiger partial charge in [-0.2, -0.15) is 0 Å². The molecule has 0 aliphatic rings. The molecule has 0 unspecified atom stereocenters. The largest absolute Gasteiger partial charge is 0.462 e. The summed E-state index contributed by atoms with van der Waals surface area (Å²) in [5.41, 5.74) is -0.882. The Hall–Kier alpha value is -0.750. The summed E-state index contributed by atoms with van der Waals surface area (Å²) in [4.78, 5) is 15.0. The van der Waals surface area contributed by atoms with E-state index in [0.717, 1.165) is 6.20 Å². The van der Waals surface area contributed by atoms with Crippen molar-refractivity contribution in [3.8, 4) is 0 Å². The van der Waals surface area contributed by atoms with Gasteiger partial charge in [0.2, 0.25) is 0 Å². The highest BCUT2D eigenvalue weighted by Gasteiger charge is 2.24. The monoisotopic (exact) mass is 313 g/mol. The van der Waals surface area contributed by atoms with Gasteiger partial charge in [0.15, 0.2) is 0 Å². The van der Waals surface area contributed by atoms with Crippen molar-refractivity contribution in [1.29, 1.82) is 0 Å². The van der Waals surface area contributed by atoms with Crippen LogP contribution in [0.25, 0.3) is 0 Å². The first-order valence-electron chi connectivity index (χ1n) is 4.28. The Labute approximate surface area is 104 Å². The Balaban J connectivity index is 3.28. The van der Waals surface area contributed by atoms with E-state index in [-0.39, 0.29) is 21.8 Å². The number of alkyl halides is 2. The van der Waals surface area contributed by atoms with E-state index in [4.69, 9.17) is 11.6 Å². The maximum absolute atomic E-state index is 12.7. The van der Waals surface area contributed by atoms with Crippen molar-refractivity contribution in [3.05, 3.63) is 26.9 Å². The third-order valence-electron chi connectivity index (χ3n) is 1.73. The van der Waals surface area contributed by atoms with Gasteiger partial charge in [0.1, 0.15) is 4.60 Å². The van der Waals surface area contributed by atoms with Crippen LogP contribution in [0, 0.1) is 0 Å². The van der Waals surface area contributed by atoms with Gasteiger partial charge in [-0.05, 0) is 22.9 Å². The molecule has 0 atom stereocenters. The molecule has 0 saturated carbocycles. The Kier molecular flexibility index (Phi) is 4.61. The second-order valence-electron chi connectivity index (χ2n) is 2.71. The van der Waals surface area contributed by atoms with Crippen LogP contribution < -0.4 is 0 Å². The zero-order valence-corrected chi connectivity index (χ0v) is 10.5. The topological polar surface area (TPSA) is 39.2 Å². The minimum Gasteiger partial charge on any atom is -0.462 e. The highest BCUT2D eigenvalue weighted by atomic mass is 79.9. The SMILES string of the molecule is CCOC(=O)c1cnc(Br)c(Cl)c1C(F)F. The highest BCUT2D eigenvalue weighted by molar-refractivity contribution is 9.10. The van der Waals surface area contributed by atoms with Gasteiger partial charge in [-0.3, -0.25) is 0 Å². The first-order valence-corrected chi connectivity index (χ1v) is 5.45. The van der Waals surface area contributed by atoms with Crippen LogP contribution in [0.1, 0.15) is 29.3 Å². The third kappa shape index (κ3) is 2.68. The number of carbonyl (C=O) groups is 1. The van der Waals surface area contributed by atoms with Crippen LogP contribution in [-0.2, 0) is 4.74 Å². The molecule has 0 aliphatic carbocycles. The lowest BCUT2D eigenvalue weighted by Crippen LogP contribution is -2.10. The Morgan fingerprint density at radius 3 is 2.81 bits per heavy atom. The molecule has 0 fully saturated rings. The number of rotatable bonds is 3. The summed E-state index contributed by atoms with van der Waals surface area (Å²) in [7, 11) is 0. The van der Waals surface area contributed by atoms with Crippen LogP contribution in [0.15, 0.2) is 10.8 Å². The Bertz CT molecular complexity index is 415. The lowest BCUT2D eigenvalue weighted by molar-refractivity contribution is 0.0515. The molecule has 0 N–H and O–H groups in total. The van der Waals surface area contributed by atoms with E-state index in [2.05, 4.69) is 25.7 Å². The molecule has 0 aliphatic heterocycles. The molecule has 0 radical (unpaired) electrons. The van der Waals surface area contributed by atoms with Gasteiger partial charge in [0.25, 0.3) is 6.43 Å². The van der Waals surface area contributed by atoms with E-state index >= 15 is 0 Å². The number of aromatic nitrogens is 1. The van der Waals surface area contributed by atoms with Crippen LogP contribution in [0.3, 0.4) is 0 Å². The maximum Gasteiger partial charge on any atom is 0.340 e. The number of esters is 1. The molecule has 0 spiro atoms. The fraction of sp³-hybridized carbons (Fsp3) is 0.333. The summed E-state index contributed by atoms with van der Waals surface area (Å²) in [6, 6.07) is 0. The average Bonchev–Trinajstić information content (AvgIpc) is 2.21. The third-order valence-corrected chi connectivity index (χ3v) is 2.94. The van der Waals surface area contributed by atoms with E-state index in [1.54, 1.807) is 6.92 Å². The first-order chi connectivity index (χ1) is 7.49. The number of carbonyl (C=O) groups excluding carboxylic acids is 1. The van der Waals surface area contributed by atoms with Gasteiger partial charge < -0.3 is 4.74 Å². The normalized spacial score (nSPS) is 10.6. The van der Waals surface area contributed by atoms with Crippen molar-refractivity contribution in [2.24, 2.45) is 0 Å². The lowest BCUT2D eigenvalue weighted by Gasteiger charge is -2.10. The summed E-state index contributed by atoms with van der Waals surface area (Å²) < 4.78 is 30.2. The molecule has 0 amide bonds. The van der Waals surface area contributed by atoms with Crippen molar-refractivity contribution in [2.45, 2.75) is 13.3 Å². The van der Waals surface area contributed by atoms with Crippen molar-refractivity contribution in [1.82, 2.24) is 4.98 Å². The number of hydrogen-bond acceptors (Lipinski definition) is 3. The van der Waals surface area contributed by atoms with Gasteiger partial charge in [-0.25, -0.2) is 18.6 Å². The zero-order chi connectivity index (χ0) is 12.3. The average molecular weight is 315 g/mol. The van der Waals surface area contributed by atoms with Crippen LogP contribution in [0.4, 0.5) is 8.78 Å². The molecule has 0 aromatic carbocycles. The summed E-state index contributed by atoms with van der Waals surface area (Å²) in [5, 5.41) is -0.277. The minimum atomic E-state index is -2.87. The first kappa shape index (κ1) is 13.3. The van der Waals surface area contributed by atoms with E-state index in [9.17, 15) is 13.6 Å². The summed E-state index contributed by atoms with van der Waals surface area (Å²) >= 11 is 8.55. The molecule has 3 nitrogen and oxygen atoms in total. The molecule has 1 rings (SSSR count). The maximum atomic E-state index is 12.7. The van der Waals surface area contributed by atoms with Crippen LogP contribution >= 0.6 is 27.5 Å². The Morgan fingerprint density at radius 1 is 1.69 bits per heavy atom. The van der Waals surface area contributed by atoms with E-state index in [1.165, 1.54) is 0 Å². The van der Waals surface area contributed by atoms with Crippen LogP contribution in [-0.4, -0.2) is 17.6 Å². The standard InChI is InChI=1S/C9H7BrClF2NO2/c1-2-16-9(15)4-3-14-7(10)6(11)5(4)8(12)13/h3,8H,2H2,1H3. The predicted octanol–water partition coefficient (Wildman–Crippen LogP) is 3.61. The smallest absolute Gasteiger partial charge is 0.340 e. The molecule has 88 valence electrons. The molecular weight excluding hydrogens is 307 g/mol. The number of ether oxygens (including phenoxy) is 1.